The minimum atomic E-state index is -0.730. The fourth-order valence-electron chi connectivity index (χ4n) is 2.51. The first-order chi connectivity index (χ1) is 13.4. The van der Waals surface area contributed by atoms with Gasteiger partial charge in [0.1, 0.15) is 5.69 Å². The maximum absolute atomic E-state index is 12.0. The lowest BCUT2D eigenvalue weighted by Crippen LogP contribution is -2.21. The van der Waals surface area contributed by atoms with Gasteiger partial charge in [0, 0.05) is 12.1 Å². The average molecular weight is 384 g/mol. The highest BCUT2D eigenvalue weighted by molar-refractivity contribution is 5.96. The summed E-state index contributed by atoms with van der Waals surface area (Å²) in [7, 11) is 0. The predicted molar refractivity (Wildman–Crippen MR) is 99.0 cm³/mol. The Morgan fingerprint density at radius 1 is 1.25 bits per heavy atom. The number of para-hydroxylation sites is 1. The van der Waals surface area contributed by atoms with Crippen molar-refractivity contribution in [1.82, 2.24) is 0 Å². The Morgan fingerprint density at radius 2 is 2.04 bits per heavy atom. The molecule has 0 atom stereocenters. The number of benzene rings is 2. The third-order valence-electron chi connectivity index (χ3n) is 3.87. The van der Waals surface area contributed by atoms with Gasteiger partial charge in [0.05, 0.1) is 4.92 Å². The number of rotatable bonds is 6. The normalized spacial score (nSPS) is 12.0. The van der Waals surface area contributed by atoms with E-state index in [0.717, 1.165) is 0 Å². The number of hydrogen-bond acceptors (Lipinski definition) is 7. The molecule has 9 nitrogen and oxygen atoms in total. The second kappa shape index (κ2) is 8.21. The molecule has 1 N–H and O–H groups in total. The van der Waals surface area contributed by atoms with Crippen molar-refractivity contribution >= 4 is 29.3 Å². The van der Waals surface area contributed by atoms with E-state index in [-0.39, 0.29) is 18.2 Å². The summed E-state index contributed by atoms with van der Waals surface area (Å²) in [4.78, 5) is 34.2. The lowest BCUT2D eigenvalue weighted by molar-refractivity contribution is -0.384. The predicted octanol–water partition coefficient (Wildman–Crippen LogP) is 2.83. The monoisotopic (exact) mass is 384 g/mol. The Morgan fingerprint density at radius 3 is 2.82 bits per heavy atom. The van der Waals surface area contributed by atoms with E-state index in [4.69, 9.17) is 14.2 Å². The highest BCUT2D eigenvalue weighted by atomic mass is 16.7. The molecule has 28 heavy (non-hydrogen) atoms. The average Bonchev–Trinajstić information content (AvgIpc) is 3.14. The summed E-state index contributed by atoms with van der Waals surface area (Å²) in [5.41, 5.74) is 1.06. The number of esters is 1. The van der Waals surface area contributed by atoms with E-state index in [1.54, 1.807) is 31.2 Å². The van der Waals surface area contributed by atoms with Gasteiger partial charge in [-0.3, -0.25) is 14.9 Å². The Labute approximate surface area is 159 Å². The Kier molecular flexibility index (Phi) is 5.54. The van der Waals surface area contributed by atoms with Crippen molar-refractivity contribution in [2.45, 2.75) is 6.92 Å². The second-order valence-electron chi connectivity index (χ2n) is 5.83. The molecule has 0 unspecified atom stereocenters. The van der Waals surface area contributed by atoms with E-state index in [1.165, 1.54) is 24.3 Å². The van der Waals surface area contributed by atoms with Crippen molar-refractivity contribution in [3.05, 3.63) is 63.7 Å². The second-order valence-corrected chi connectivity index (χ2v) is 5.83. The molecule has 3 rings (SSSR count). The first kappa shape index (κ1) is 18.9. The molecule has 0 saturated carbocycles. The van der Waals surface area contributed by atoms with Gasteiger partial charge in [-0.25, -0.2) is 4.79 Å². The fourth-order valence-corrected chi connectivity index (χ4v) is 2.51. The van der Waals surface area contributed by atoms with Crippen LogP contribution in [0.3, 0.4) is 0 Å². The molecule has 0 aliphatic carbocycles. The third-order valence-corrected chi connectivity index (χ3v) is 3.87. The number of fused-ring (bicyclic) bond motifs is 1. The summed E-state index contributed by atoms with van der Waals surface area (Å²) in [5, 5.41) is 13.5. The van der Waals surface area contributed by atoms with Crippen molar-refractivity contribution in [3.63, 3.8) is 0 Å². The Bertz CT molecular complexity index is 969. The maximum Gasteiger partial charge on any atom is 0.331 e. The molecule has 1 heterocycles. The number of nitrogens with one attached hydrogen (secondary N) is 1. The van der Waals surface area contributed by atoms with Gasteiger partial charge in [0.15, 0.2) is 18.1 Å². The van der Waals surface area contributed by atoms with Gasteiger partial charge < -0.3 is 19.5 Å². The quantitative estimate of drug-likeness (QED) is 0.352. The fraction of sp³-hybridized carbons (Fsp3) is 0.158. The van der Waals surface area contributed by atoms with Gasteiger partial charge in [-0.15, -0.1) is 0 Å². The number of nitro benzene ring substituents is 1. The maximum atomic E-state index is 12.0. The highest BCUT2D eigenvalue weighted by Gasteiger charge is 2.18. The van der Waals surface area contributed by atoms with Gasteiger partial charge in [0.2, 0.25) is 6.79 Å². The lowest BCUT2D eigenvalue weighted by Gasteiger charge is -2.08. The summed E-state index contributed by atoms with van der Waals surface area (Å²) < 4.78 is 15.3. The number of nitro groups is 1. The number of ether oxygens (including phenoxy) is 3. The largest absolute Gasteiger partial charge is 0.454 e. The molecule has 1 aliphatic rings. The van der Waals surface area contributed by atoms with E-state index >= 15 is 0 Å². The van der Waals surface area contributed by atoms with Crippen LogP contribution >= 0.6 is 0 Å². The van der Waals surface area contributed by atoms with Gasteiger partial charge in [-0.1, -0.05) is 18.2 Å². The first-order valence-electron chi connectivity index (χ1n) is 8.22. The highest BCUT2D eigenvalue weighted by Crippen LogP contribution is 2.32. The number of aryl methyl sites for hydroxylation is 1. The van der Waals surface area contributed by atoms with E-state index in [0.29, 0.717) is 22.6 Å². The van der Waals surface area contributed by atoms with Crippen LogP contribution < -0.4 is 14.8 Å². The van der Waals surface area contributed by atoms with E-state index in [1.807, 2.05) is 0 Å². The molecular formula is C19H16N2O7. The van der Waals surface area contributed by atoms with Crippen molar-refractivity contribution in [2.75, 3.05) is 18.7 Å². The summed E-state index contributed by atoms with van der Waals surface area (Å²) >= 11 is 0. The third kappa shape index (κ3) is 4.44. The lowest BCUT2D eigenvalue weighted by atomic mass is 10.1. The smallest absolute Gasteiger partial charge is 0.331 e. The number of carbonyl (C=O) groups is 2. The van der Waals surface area contributed by atoms with Crippen molar-refractivity contribution in [2.24, 2.45) is 0 Å². The summed E-state index contributed by atoms with van der Waals surface area (Å²) in [5.74, 6) is -0.203. The Balaban J connectivity index is 1.55. The molecule has 0 saturated heterocycles. The van der Waals surface area contributed by atoms with Gasteiger partial charge in [0.25, 0.3) is 11.6 Å². The van der Waals surface area contributed by atoms with Crippen LogP contribution in [-0.2, 0) is 14.3 Å². The molecular weight excluding hydrogens is 368 g/mol. The summed E-state index contributed by atoms with van der Waals surface area (Å²) in [6, 6.07) is 9.59. The molecule has 1 aliphatic heterocycles. The number of hydrogen-bond donors (Lipinski definition) is 1. The van der Waals surface area contributed by atoms with Crippen LogP contribution in [0.2, 0.25) is 0 Å². The molecule has 2 aromatic rings. The zero-order valence-electron chi connectivity index (χ0n) is 14.8. The van der Waals surface area contributed by atoms with Gasteiger partial charge in [-0.05, 0) is 36.3 Å². The topological polar surface area (TPSA) is 117 Å². The minimum absolute atomic E-state index is 0.0736. The van der Waals surface area contributed by atoms with Crippen LogP contribution in [0.25, 0.3) is 6.08 Å². The number of nitrogens with zero attached hydrogens (tertiary/aromatic N) is 1. The van der Waals surface area contributed by atoms with Crippen LogP contribution in [0.5, 0.6) is 11.5 Å². The molecule has 0 fully saturated rings. The molecule has 0 radical (unpaired) electrons. The van der Waals surface area contributed by atoms with Crippen LogP contribution in [0.1, 0.15) is 11.1 Å². The van der Waals surface area contributed by atoms with Crippen LogP contribution in [0.4, 0.5) is 11.4 Å². The molecule has 9 heteroatoms. The molecule has 1 amide bonds. The van der Waals surface area contributed by atoms with Crippen molar-refractivity contribution in [3.8, 4) is 11.5 Å². The van der Waals surface area contributed by atoms with E-state index in [2.05, 4.69) is 5.32 Å². The van der Waals surface area contributed by atoms with Crippen molar-refractivity contribution < 1.29 is 28.7 Å². The Hall–Kier alpha value is -3.88. The van der Waals surface area contributed by atoms with E-state index in [9.17, 15) is 19.7 Å². The number of carbonyl (C=O) groups excluding carboxylic acids is 2. The van der Waals surface area contributed by atoms with Crippen LogP contribution in [0, 0.1) is 17.0 Å². The standard InChI is InChI=1S/C19H16N2O7/c1-12-3-2-4-14(21(24)25)19(12)20-17(22)10-26-18(23)8-6-13-5-7-15-16(9-13)28-11-27-15/h2-9H,10-11H2,1H3,(H,20,22)/b8-6+. The molecule has 2 aromatic carbocycles. The van der Waals surface area contributed by atoms with Gasteiger partial charge in [-0.2, -0.15) is 0 Å². The zero-order chi connectivity index (χ0) is 20.1. The van der Waals surface area contributed by atoms with E-state index < -0.39 is 23.4 Å². The van der Waals surface area contributed by atoms with Crippen LogP contribution in [-0.4, -0.2) is 30.2 Å². The first-order valence-corrected chi connectivity index (χ1v) is 8.22. The van der Waals surface area contributed by atoms with Crippen molar-refractivity contribution in [1.29, 1.82) is 0 Å². The molecule has 0 bridgehead atoms. The minimum Gasteiger partial charge on any atom is -0.454 e. The van der Waals surface area contributed by atoms with Gasteiger partial charge >= 0.3 is 5.97 Å². The number of amides is 1. The number of anilines is 1. The SMILES string of the molecule is Cc1cccc([N+](=O)[O-])c1NC(=O)COC(=O)/C=C/c1ccc2c(c1)OCO2. The molecule has 0 spiro atoms. The van der Waals surface area contributed by atoms with Crippen LogP contribution in [0.15, 0.2) is 42.5 Å². The summed E-state index contributed by atoms with van der Waals surface area (Å²) in [6.07, 6.45) is 2.68. The molecule has 0 aromatic heterocycles. The summed E-state index contributed by atoms with van der Waals surface area (Å²) in [6.45, 7) is 1.21. The zero-order valence-corrected chi connectivity index (χ0v) is 14.8. The molecule has 144 valence electrons.